The van der Waals surface area contributed by atoms with Gasteiger partial charge in [0.05, 0.1) is 17.1 Å². The van der Waals surface area contributed by atoms with Gasteiger partial charge in [-0.3, -0.25) is 4.79 Å². The number of hydrogen-bond donors (Lipinski definition) is 2. The zero-order valence-corrected chi connectivity index (χ0v) is 19.6. The normalized spacial score (nSPS) is 12.0. The predicted molar refractivity (Wildman–Crippen MR) is 134 cm³/mol. The number of carboxylic acid groups (broad SMARTS) is 1. The molecule has 8 heteroatoms. The van der Waals surface area contributed by atoms with Crippen LogP contribution < -0.4 is 10.1 Å². The molecule has 0 aliphatic heterocycles. The van der Waals surface area contributed by atoms with Crippen molar-refractivity contribution in [3.05, 3.63) is 109 Å². The highest BCUT2D eigenvalue weighted by molar-refractivity contribution is 7.91. The number of anilines is 2. The van der Waals surface area contributed by atoms with Crippen molar-refractivity contribution >= 4 is 27.3 Å². The fourth-order valence-corrected chi connectivity index (χ4v) is 5.24. The highest BCUT2D eigenvalue weighted by atomic mass is 32.2. The van der Waals surface area contributed by atoms with Crippen LogP contribution in [0.4, 0.5) is 11.5 Å². The van der Waals surface area contributed by atoms with Gasteiger partial charge in [0.2, 0.25) is 0 Å². The summed E-state index contributed by atoms with van der Waals surface area (Å²) in [6, 6.07) is 27.8. The molecule has 0 saturated heterocycles. The molecule has 0 radical (unpaired) electrons. The lowest BCUT2D eigenvalue weighted by atomic mass is 9.98. The zero-order chi connectivity index (χ0) is 24.7. The standard InChI is InChI=1S/C27H24N2O5S/c30-27(31)17-21(20-7-2-1-3-8-20)19-35(32,33)25-10-6-9-24(18-25)34-23-14-12-22(13-15-23)29-26-11-4-5-16-28-26/h1-16,18,21H,17,19H2,(H,28,29)(H,30,31). The lowest BCUT2D eigenvalue weighted by Gasteiger charge is -2.16. The SMILES string of the molecule is O=C(O)CC(CS(=O)(=O)c1cccc(Oc2ccc(Nc3ccccn3)cc2)c1)c1ccccc1. The molecule has 0 bridgehead atoms. The number of aliphatic carboxylic acids is 1. The summed E-state index contributed by atoms with van der Waals surface area (Å²) in [5.74, 6) is -0.406. The first-order valence-corrected chi connectivity index (χ1v) is 12.6. The van der Waals surface area contributed by atoms with Crippen molar-refractivity contribution in [3.63, 3.8) is 0 Å². The minimum Gasteiger partial charge on any atom is -0.481 e. The molecule has 4 aromatic rings. The minimum absolute atomic E-state index is 0.0785. The second-order valence-corrected chi connectivity index (χ2v) is 9.96. The van der Waals surface area contributed by atoms with Gasteiger partial charge < -0.3 is 15.2 Å². The van der Waals surface area contributed by atoms with E-state index in [1.54, 1.807) is 60.8 Å². The van der Waals surface area contributed by atoms with Crippen molar-refractivity contribution in [1.29, 1.82) is 0 Å². The monoisotopic (exact) mass is 488 g/mol. The zero-order valence-electron chi connectivity index (χ0n) is 18.7. The first kappa shape index (κ1) is 24.0. The molecular formula is C27H24N2O5S. The van der Waals surface area contributed by atoms with Crippen LogP contribution in [0.3, 0.4) is 0 Å². The number of nitrogens with one attached hydrogen (secondary N) is 1. The van der Waals surface area contributed by atoms with E-state index >= 15 is 0 Å². The highest BCUT2D eigenvalue weighted by Crippen LogP contribution is 2.29. The molecule has 178 valence electrons. The van der Waals surface area contributed by atoms with E-state index in [-0.39, 0.29) is 17.1 Å². The fourth-order valence-electron chi connectivity index (χ4n) is 3.63. The van der Waals surface area contributed by atoms with Gasteiger partial charge in [-0.15, -0.1) is 0 Å². The lowest BCUT2D eigenvalue weighted by Crippen LogP contribution is -2.18. The molecule has 0 saturated carbocycles. The molecule has 0 aliphatic carbocycles. The van der Waals surface area contributed by atoms with Gasteiger partial charge in [-0.05, 0) is 60.2 Å². The van der Waals surface area contributed by atoms with Crippen LogP contribution >= 0.6 is 0 Å². The molecule has 4 rings (SSSR count). The van der Waals surface area contributed by atoms with E-state index in [2.05, 4.69) is 10.3 Å². The Morgan fingerprint density at radius 1 is 0.886 bits per heavy atom. The van der Waals surface area contributed by atoms with Crippen LogP contribution in [0, 0.1) is 0 Å². The van der Waals surface area contributed by atoms with Crippen LogP contribution in [0.1, 0.15) is 17.9 Å². The van der Waals surface area contributed by atoms with E-state index in [1.165, 1.54) is 12.1 Å². The quantitative estimate of drug-likeness (QED) is 0.297. The van der Waals surface area contributed by atoms with Crippen LogP contribution in [0.25, 0.3) is 0 Å². The van der Waals surface area contributed by atoms with Crippen LogP contribution in [0.15, 0.2) is 108 Å². The Morgan fingerprint density at radius 3 is 2.31 bits per heavy atom. The molecule has 1 aromatic heterocycles. The van der Waals surface area contributed by atoms with Crippen LogP contribution in [0.5, 0.6) is 11.5 Å². The smallest absolute Gasteiger partial charge is 0.303 e. The van der Waals surface area contributed by atoms with E-state index < -0.39 is 21.7 Å². The third kappa shape index (κ3) is 6.68. The molecule has 35 heavy (non-hydrogen) atoms. The van der Waals surface area contributed by atoms with Gasteiger partial charge in [0.25, 0.3) is 0 Å². The largest absolute Gasteiger partial charge is 0.481 e. The molecule has 0 spiro atoms. The van der Waals surface area contributed by atoms with Crippen molar-refractivity contribution < 1.29 is 23.1 Å². The first-order chi connectivity index (χ1) is 16.9. The average Bonchev–Trinajstić information content (AvgIpc) is 2.86. The number of sulfone groups is 1. The van der Waals surface area contributed by atoms with E-state index in [0.717, 1.165) is 11.5 Å². The number of benzene rings is 3. The number of carbonyl (C=O) groups is 1. The Hall–Kier alpha value is -4.17. The molecule has 1 unspecified atom stereocenters. The Labute approximate surface area is 204 Å². The van der Waals surface area contributed by atoms with Gasteiger partial charge in [0.15, 0.2) is 9.84 Å². The first-order valence-electron chi connectivity index (χ1n) is 10.9. The topological polar surface area (TPSA) is 106 Å². The maximum absolute atomic E-state index is 13.2. The second-order valence-electron chi connectivity index (χ2n) is 7.93. The van der Waals surface area contributed by atoms with Crippen LogP contribution in [-0.4, -0.2) is 30.2 Å². The van der Waals surface area contributed by atoms with E-state index in [4.69, 9.17) is 4.74 Å². The fraction of sp³-hybridized carbons (Fsp3) is 0.111. The van der Waals surface area contributed by atoms with Crippen molar-refractivity contribution in [1.82, 2.24) is 4.98 Å². The molecule has 7 nitrogen and oxygen atoms in total. The van der Waals surface area contributed by atoms with Crippen LogP contribution in [0.2, 0.25) is 0 Å². The summed E-state index contributed by atoms with van der Waals surface area (Å²) in [6.45, 7) is 0. The Kier molecular flexibility index (Phi) is 7.42. The summed E-state index contributed by atoms with van der Waals surface area (Å²) in [5, 5.41) is 12.5. The number of nitrogens with zero attached hydrogens (tertiary/aromatic N) is 1. The lowest BCUT2D eigenvalue weighted by molar-refractivity contribution is -0.137. The summed E-state index contributed by atoms with van der Waals surface area (Å²) < 4.78 is 32.2. The third-order valence-corrected chi connectivity index (χ3v) is 7.12. The van der Waals surface area contributed by atoms with Crippen molar-refractivity contribution in [2.24, 2.45) is 0 Å². The molecule has 0 amide bonds. The number of rotatable bonds is 10. The molecule has 2 N–H and O–H groups in total. The summed E-state index contributed by atoms with van der Waals surface area (Å²) in [7, 11) is -3.77. The van der Waals surface area contributed by atoms with E-state index in [0.29, 0.717) is 17.1 Å². The molecule has 0 fully saturated rings. The van der Waals surface area contributed by atoms with Crippen molar-refractivity contribution in [2.45, 2.75) is 17.2 Å². The van der Waals surface area contributed by atoms with Gasteiger partial charge in [-0.1, -0.05) is 42.5 Å². The average molecular weight is 489 g/mol. The number of ether oxygens (including phenoxy) is 1. The Balaban J connectivity index is 1.48. The molecule has 1 atom stereocenters. The Morgan fingerprint density at radius 2 is 1.63 bits per heavy atom. The maximum Gasteiger partial charge on any atom is 0.303 e. The highest BCUT2D eigenvalue weighted by Gasteiger charge is 2.25. The summed E-state index contributed by atoms with van der Waals surface area (Å²) in [4.78, 5) is 15.7. The molecular weight excluding hydrogens is 464 g/mol. The van der Waals surface area contributed by atoms with E-state index in [1.807, 2.05) is 30.3 Å². The van der Waals surface area contributed by atoms with Gasteiger partial charge >= 0.3 is 5.97 Å². The summed E-state index contributed by atoms with van der Waals surface area (Å²) >= 11 is 0. The van der Waals surface area contributed by atoms with Gasteiger partial charge in [0, 0.05) is 17.8 Å². The van der Waals surface area contributed by atoms with E-state index in [9.17, 15) is 18.3 Å². The van der Waals surface area contributed by atoms with Gasteiger partial charge in [0.1, 0.15) is 17.3 Å². The van der Waals surface area contributed by atoms with Crippen molar-refractivity contribution in [2.75, 3.05) is 11.1 Å². The molecule has 0 aliphatic rings. The minimum atomic E-state index is -3.77. The number of pyridine rings is 1. The molecule has 3 aromatic carbocycles. The number of carboxylic acids is 1. The Bertz CT molecular complexity index is 1380. The molecule has 1 heterocycles. The number of hydrogen-bond acceptors (Lipinski definition) is 6. The van der Waals surface area contributed by atoms with Crippen molar-refractivity contribution in [3.8, 4) is 11.5 Å². The predicted octanol–water partition coefficient (Wildman–Crippen LogP) is 5.65. The number of aromatic nitrogens is 1. The second kappa shape index (κ2) is 10.8. The summed E-state index contributed by atoms with van der Waals surface area (Å²) in [6.07, 6.45) is 1.42. The van der Waals surface area contributed by atoms with Crippen LogP contribution in [-0.2, 0) is 14.6 Å². The third-order valence-electron chi connectivity index (χ3n) is 5.30. The maximum atomic E-state index is 13.2. The van der Waals surface area contributed by atoms with Gasteiger partial charge in [-0.2, -0.15) is 0 Å². The summed E-state index contributed by atoms with van der Waals surface area (Å²) in [5.41, 5.74) is 1.50. The van der Waals surface area contributed by atoms with Gasteiger partial charge in [-0.25, -0.2) is 13.4 Å².